The molecule has 5 heteroatoms. The van der Waals surface area contributed by atoms with Crippen LogP contribution in [0.3, 0.4) is 0 Å². The van der Waals surface area contributed by atoms with E-state index < -0.39 is 0 Å². The highest BCUT2D eigenvalue weighted by Gasteiger charge is 2.26. The van der Waals surface area contributed by atoms with Crippen LogP contribution in [0.2, 0.25) is 0 Å². The molecule has 1 aromatic carbocycles. The molecule has 0 saturated carbocycles. The molecule has 1 saturated heterocycles. The maximum absolute atomic E-state index is 12.6. The van der Waals surface area contributed by atoms with Gasteiger partial charge >= 0.3 is 0 Å². The number of amides is 1. The molecule has 0 aliphatic carbocycles. The van der Waals surface area contributed by atoms with Crippen molar-refractivity contribution in [3.63, 3.8) is 0 Å². The van der Waals surface area contributed by atoms with Crippen LogP contribution < -0.4 is 14.8 Å². The number of carbonyl (C=O) groups excluding carboxylic acids is 1. The van der Waals surface area contributed by atoms with Crippen LogP contribution in [-0.2, 0) is 17.8 Å². The molecule has 3 rings (SSSR count). The molecule has 1 fully saturated rings. The Morgan fingerprint density at radius 3 is 2.54 bits per heavy atom. The van der Waals surface area contributed by atoms with Gasteiger partial charge in [0.1, 0.15) is 0 Å². The summed E-state index contributed by atoms with van der Waals surface area (Å²) in [6.07, 6.45) is 3.79. The third kappa shape index (κ3) is 3.83. The lowest BCUT2D eigenvalue weighted by Crippen LogP contribution is -2.39. The summed E-state index contributed by atoms with van der Waals surface area (Å²) in [6.45, 7) is 7.68. The predicted molar refractivity (Wildman–Crippen MR) is 93.5 cm³/mol. The predicted octanol–water partition coefficient (Wildman–Crippen LogP) is 2.51. The van der Waals surface area contributed by atoms with Crippen molar-refractivity contribution in [3.8, 4) is 11.5 Å². The van der Waals surface area contributed by atoms with Gasteiger partial charge < -0.3 is 19.7 Å². The molecule has 24 heavy (non-hydrogen) atoms. The lowest BCUT2D eigenvalue weighted by molar-refractivity contribution is -0.132. The Morgan fingerprint density at radius 2 is 1.92 bits per heavy atom. The highest BCUT2D eigenvalue weighted by atomic mass is 16.5. The first-order valence-corrected chi connectivity index (χ1v) is 9.13. The van der Waals surface area contributed by atoms with E-state index in [0.29, 0.717) is 32.2 Å². The van der Waals surface area contributed by atoms with Gasteiger partial charge in [-0.25, -0.2) is 0 Å². The zero-order valence-electron chi connectivity index (χ0n) is 14.8. The molecule has 0 spiro atoms. The number of ether oxygens (including phenoxy) is 2. The number of nitrogens with zero attached hydrogens (tertiary/aromatic N) is 1. The summed E-state index contributed by atoms with van der Waals surface area (Å²) in [5.74, 6) is 1.85. The first-order valence-electron chi connectivity index (χ1n) is 9.13. The summed E-state index contributed by atoms with van der Waals surface area (Å²) < 4.78 is 11.4. The number of hydrogen-bond acceptors (Lipinski definition) is 4. The maximum atomic E-state index is 12.6. The van der Waals surface area contributed by atoms with Gasteiger partial charge in [0.05, 0.1) is 13.2 Å². The van der Waals surface area contributed by atoms with E-state index in [4.69, 9.17) is 9.47 Å². The highest BCUT2D eigenvalue weighted by molar-refractivity contribution is 5.77. The Labute approximate surface area is 144 Å². The number of benzene rings is 1. The van der Waals surface area contributed by atoms with E-state index in [1.165, 1.54) is 17.5 Å². The molecule has 0 aromatic heterocycles. The molecule has 1 N–H and O–H groups in total. The van der Waals surface area contributed by atoms with Gasteiger partial charge in [-0.2, -0.15) is 0 Å². The van der Waals surface area contributed by atoms with Gasteiger partial charge in [0.15, 0.2) is 11.5 Å². The molecule has 1 unspecified atom stereocenters. The van der Waals surface area contributed by atoms with Crippen LogP contribution in [0.4, 0.5) is 0 Å². The number of nitrogens with one attached hydrogen (secondary N) is 1. The van der Waals surface area contributed by atoms with E-state index in [0.717, 1.165) is 37.4 Å². The zero-order chi connectivity index (χ0) is 16.9. The third-order valence-corrected chi connectivity index (χ3v) is 4.81. The van der Waals surface area contributed by atoms with Gasteiger partial charge in [-0.1, -0.05) is 0 Å². The summed E-state index contributed by atoms with van der Waals surface area (Å²) in [5.41, 5.74) is 2.45. The van der Waals surface area contributed by atoms with E-state index in [-0.39, 0.29) is 5.91 Å². The highest BCUT2D eigenvalue weighted by Crippen LogP contribution is 2.34. The van der Waals surface area contributed by atoms with Crippen molar-refractivity contribution in [1.29, 1.82) is 0 Å². The molecule has 0 radical (unpaired) electrons. The Balaban J connectivity index is 1.71. The standard InChI is InChI=1S/C19H28N2O3/c1-3-23-17-10-14-7-9-21(13-15(14)11-18(17)24-4-2)19(22)12-16-6-5-8-20-16/h10-11,16,20H,3-9,12-13H2,1-2H3. The van der Waals surface area contributed by atoms with Crippen molar-refractivity contribution in [3.05, 3.63) is 23.3 Å². The van der Waals surface area contributed by atoms with Crippen molar-refractivity contribution in [1.82, 2.24) is 10.2 Å². The van der Waals surface area contributed by atoms with Crippen LogP contribution in [0.1, 0.15) is 44.2 Å². The van der Waals surface area contributed by atoms with E-state index in [2.05, 4.69) is 17.4 Å². The summed E-state index contributed by atoms with van der Waals surface area (Å²) in [7, 11) is 0. The fourth-order valence-corrected chi connectivity index (χ4v) is 3.58. The monoisotopic (exact) mass is 332 g/mol. The van der Waals surface area contributed by atoms with Crippen molar-refractivity contribution in [2.24, 2.45) is 0 Å². The molecule has 1 atom stereocenters. The molecule has 5 nitrogen and oxygen atoms in total. The van der Waals surface area contributed by atoms with E-state index in [1.807, 2.05) is 18.7 Å². The van der Waals surface area contributed by atoms with Crippen LogP contribution in [0.5, 0.6) is 11.5 Å². The molecule has 2 aliphatic heterocycles. The molecule has 0 bridgehead atoms. The first-order chi connectivity index (χ1) is 11.7. The molecule has 132 valence electrons. The number of rotatable bonds is 6. The van der Waals surface area contributed by atoms with E-state index in [9.17, 15) is 4.79 Å². The normalized spacial score (nSPS) is 19.9. The minimum Gasteiger partial charge on any atom is -0.490 e. The number of hydrogen-bond donors (Lipinski definition) is 1. The second-order valence-corrected chi connectivity index (χ2v) is 6.50. The summed E-state index contributed by atoms with van der Waals surface area (Å²) in [4.78, 5) is 14.6. The summed E-state index contributed by atoms with van der Waals surface area (Å²) in [6, 6.07) is 4.50. The number of carbonyl (C=O) groups is 1. The van der Waals surface area contributed by atoms with Crippen LogP contribution in [0.15, 0.2) is 12.1 Å². The van der Waals surface area contributed by atoms with Crippen LogP contribution in [0.25, 0.3) is 0 Å². The van der Waals surface area contributed by atoms with Crippen molar-refractivity contribution in [2.45, 2.75) is 52.1 Å². The smallest absolute Gasteiger partial charge is 0.224 e. The zero-order valence-corrected chi connectivity index (χ0v) is 14.8. The Kier molecular flexibility index (Phi) is 5.61. The van der Waals surface area contributed by atoms with Gasteiger partial charge in [0.2, 0.25) is 5.91 Å². The molecule has 2 heterocycles. The SMILES string of the molecule is CCOc1cc2c(cc1OCC)CN(C(=O)CC1CCCN1)CC2. The van der Waals surface area contributed by atoms with Crippen molar-refractivity contribution in [2.75, 3.05) is 26.3 Å². The maximum Gasteiger partial charge on any atom is 0.224 e. The van der Waals surface area contributed by atoms with Crippen molar-refractivity contribution >= 4 is 5.91 Å². The Hall–Kier alpha value is -1.75. The van der Waals surface area contributed by atoms with Crippen LogP contribution in [0, 0.1) is 0 Å². The second-order valence-electron chi connectivity index (χ2n) is 6.50. The van der Waals surface area contributed by atoms with Gasteiger partial charge in [0, 0.05) is 25.6 Å². The Bertz CT molecular complexity index is 582. The molecular weight excluding hydrogens is 304 g/mol. The number of fused-ring (bicyclic) bond motifs is 1. The van der Waals surface area contributed by atoms with Gasteiger partial charge in [-0.15, -0.1) is 0 Å². The van der Waals surface area contributed by atoms with Crippen molar-refractivity contribution < 1.29 is 14.3 Å². The van der Waals surface area contributed by atoms with E-state index >= 15 is 0 Å². The third-order valence-electron chi connectivity index (χ3n) is 4.81. The molecule has 2 aliphatic rings. The largest absolute Gasteiger partial charge is 0.490 e. The fourth-order valence-electron chi connectivity index (χ4n) is 3.58. The van der Waals surface area contributed by atoms with Crippen LogP contribution in [-0.4, -0.2) is 43.2 Å². The molecule has 1 amide bonds. The fraction of sp³-hybridized carbons (Fsp3) is 0.632. The minimum atomic E-state index is 0.256. The summed E-state index contributed by atoms with van der Waals surface area (Å²) >= 11 is 0. The van der Waals surface area contributed by atoms with Gasteiger partial charge in [-0.3, -0.25) is 4.79 Å². The minimum absolute atomic E-state index is 0.256. The average molecular weight is 332 g/mol. The molecular formula is C19H28N2O3. The second kappa shape index (κ2) is 7.88. The lowest BCUT2D eigenvalue weighted by Gasteiger charge is -2.30. The van der Waals surface area contributed by atoms with Crippen LogP contribution >= 0.6 is 0 Å². The summed E-state index contributed by atoms with van der Waals surface area (Å²) in [5, 5.41) is 3.41. The Morgan fingerprint density at radius 1 is 1.21 bits per heavy atom. The lowest BCUT2D eigenvalue weighted by atomic mass is 9.98. The van der Waals surface area contributed by atoms with Gasteiger partial charge in [0.25, 0.3) is 0 Å². The van der Waals surface area contributed by atoms with E-state index in [1.54, 1.807) is 0 Å². The average Bonchev–Trinajstić information content (AvgIpc) is 3.08. The topological polar surface area (TPSA) is 50.8 Å². The van der Waals surface area contributed by atoms with Gasteiger partial charge in [-0.05, 0) is 62.9 Å². The molecule has 1 aromatic rings. The first kappa shape index (κ1) is 17.1. The quantitative estimate of drug-likeness (QED) is 0.870.